The van der Waals surface area contributed by atoms with Crippen molar-refractivity contribution in [3.8, 4) is 11.5 Å². The van der Waals surface area contributed by atoms with Gasteiger partial charge in [0.15, 0.2) is 0 Å². The fraction of sp³-hybridized carbons (Fsp3) is 0.417. The van der Waals surface area contributed by atoms with E-state index in [0.717, 1.165) is 22.6 Å². The van der Waals surface area contributed by atoms with Crippen LogP contribution in [0.25, 0.3) is 0 Å². The Morgan fingerprint density at radius 2 is 1.42 bits per heavy atom. The topological polar surface area (TPSA) is 76.1 Å². The lowest BCUT2D eigenvalue weighted by Gasteiger charge is -2.28. The number of aliphatic hydroxyl groups excluding tert-OH is 1. The van der Waals surface area contributed by atoms with Crippen LogP contribution in [0.2, 0.25) is 0 Å². The quantitative estimate of drug-likeness (QED) is 0.441. The summed E-state index contributed by atoms with van der Waals surface area (Å²) in [4.78, 5) is 0. The van der Waals surface area contributed by atoms with Crippen molar-refractivity contribution in [3.63, 3.8) is 0 Å². The van der Waals surface area contributed by atoms with Crippen LogP contribution in [0.4, 0.5) is 0 Å². The number of ether oxygens (including phenoxy) is 2. The minimum Gasteiger partial charge on any atom is -0.497 e. The van der Waals surface area contributed by atoms with E-state index in [2.05, 4.69) is 6.58 Å². The Hall–Kier alpha value is -2.35. The van der Waals surface area contributed by atoms with Gasteiger partial charge in [-0.05, 0) is 61.1 Å². The normalized spacial score (nSPS) is 12.5. The number of hydrogen-bond acceptors (Lipinski definition) is 5. The summed E-state index contributed by atoms with van der Waals surface area (Å²) in [5.41, 5.74) is 1.75. The van der Waals surface area contributed by atoms with Gasteiger partial charge in [0.1, 0.15) is 11.5 Å². The van der Waals surface area contributed by atoms with Crippen LogP contribution in [0.1, 0.15) is 36.8 Å². The zero-order chi connectivity index (χ0) is 22.7. The first kappa shape index (κ1) is 24.9. The standard InChI is InChI=1S/C24H33NO5S/c1-4-5-7-24(8-6-17-26)31(27,28)25(18-20-9-13-22(29-2)14-10-20)19-21-11-15-23(30-3)16-12-21/h4,9-16,24,26H,1,5-8,17-19H2,2-3H3/t24-/m1/s1. The van der Waals surface area contributed by atoms with Crippen LogP contribution in [0, 0.1) is 0 Å². The molecule has 0 bridgehead atoms. The molecule has 6 nitrogen and oxygen atoms in total. The highest BCUT2D eigenvalue weighted by molar-refractivity contribution is 7.89. The third-order valence-electron chi connectivity index (χ3n) is 5.19. The summed E-state index contributed by atoms with van der Waals surface area (Å²) in [7, 11) is -0.427. The van der Waals surface area contributed by atoms with Gasteiger partial charge >= 0.3 is 0 Å². The van der Waals surface area contributed by atoms with Crippen molar-refractivity contribution in [2.75, 3.05) is 20.8 Å². The average molecular weight is 448 g/mol. The maximum Gasteiger partial charge on any atom is 0.217 e. The molecule has 0 spiro atoms. The highest BCUT2D eigenvalue weighted by Gasteiger charge is 2.31. The van der Waals surface area contributed by atoms with Crippen LogP contribution < -0.4 is 9.47 Å². The number of benzene rings is 2. The van der Waals surface area contributed by atoms with E-state index in [4.69, 9.17) is 9.47 Å². The van der Waals surface area contributed by atoms with Gasteiger partial charge in [-0.1, -0.05) is 30.3 Å². The molecule has 0 unspecified atom stereocenters. The number of sulfonamides is 1. The molecule has 0 aromatic heterocycles. The van der Waals surface area contributed by atoms with E-state index in [-0.39, 0.29) is 19.7 Å². The maximum atomic E-state index is 13.7. The van der Waals surface area contributed by atoms with E-state index in [9.17, 15) is 13.5 Å². The van der Waals surface area contributed by atoms with Crippen molar-refractivity contribution in [1.82, 2.24) is 4.31 Å². The Kier molecular flexibility index (Phi) is 10.0. The predicted molar refractivity (Wildman–Crippen MR) is 124 cm³/mol. The van der Waals surface area contributed by atoms with Crippen molar-refractivity contribution >= 4 is 10.0 Å². The molecule has 170 valence electrons. The van der Waals surface area contributed by atoms with Gasteiger partial charge < -0.3 is 14.6 Å². The van der Waals surface area contributed by atoms with Crippen molar-refractivity contribution < 1.29 is 23.0 Å². The first-order chi connectivity index (χ1) is 14.9. The molecule has 7 heteroatoms. The summed E-state index contributed by atoms with van der Waals surface area (Å²) in [6.07, 6.45) is 3.68. The van der Waals surface area contributed by atoms with Gasteiger partial charge in [-0.3, -0.25) is 0 Å². The second-order valence-electron chi connectivity index (χ2n) is 7.36. The van der Waals surface area contributed by atoms with Crippen LogP contribution in [0.3, 0.4) is 0 Å². The van der Waals surface area contributed by atoms with E-state index < -0.39 is 15.3 Å². The summed E-state index contributed by atoms with van der Waals surface area (Å²) < 4.78 is 39.3. The first-order valence-electron chi connectivity index (χ1n) is 10.4. The van der Waals surface area contributed by atoms with Crippen LogP contribution in [-0.4, -0.2) is 43.9 Å². The van der Waals surface area contributed by atoms with Crippen molar-refractivity contribution in [3.05, 3.63) is 72.3 Å². The summed E-state index contributed by atoms with van der Waals surface area (Å²) in [5.74, 6) is 1.44. The monoisotopic (exact) mass is 447 g/mol. The van der Waals surface area contributed by atoms with Gasteiger partial charge in [-0.2, -0.15) is 4.31 Å². The van der Waals surface area contributed by atoms with Gasteiger partial charge in [0.25, 0.3) is 0 Å². The second-order valence-corrected chi connectivity index (χ2v) is 9.58. The molecule has 0 fully saturated rings. The molecule has 0 aliphatic carbocycles. The summed E-state index contributed by atoms with van der Waals surface area (Å²) in [5, 5.41) is 8.69. The Balaban J connectivity index is 2.34. The second kappa shape index (κ2) is 12.5. The fourth-order valence-electron chi connectivity index (χ4n) is 3.38. The predicted octanol–water partition coefficient (Wildman–Crippen LogP) is 4.14. The molecule has 2 aromatic carbocycles. The minimum atomic E-state index is -3.62. The highest BCUT2D eigenvalue weighted by atomic mass is 32.2. The summed E-state index contributed by atoms with van der Waals surface area (Å²) in [6, 6.07) is 14.8. The zero-order valence-corrected chi connectivity index (χ0v) is 19.2. The van der Waals surface area contributed by atoms with E-state index in [1.54, 1.807) is 20.3 Å². The van der Waals surface area contributed by atoms with Crippen LogP contribution in [-0.2, 0) is 23.1 Å². The largest absolute Gasteiger partial charge is 0.497 e. The number of methoxy groups -OCH3 is 2. The molecule has 2 aromatic rings. The Labute approximate surface area is 186 Å². The third kappa shape index (κ3) is 7.38. The molecule has 0 aliphatic rings. The van der Waals surface area contributed by atoms with E-state index in [1.807, 2.05) is 48.5 Å². The SMILES string of the molecule is C=CCC[C@H](CCCO)S(=O)(=O)N(Cc1ccc(OC)cc1)Cc1ccc(OC)cc1. The molecule has 1 N–H and O–H groups in total. The molecule has 1 atom stereocenters. The fourth-order valence-corrected chi connectivity index (χ4v) is 5.36. The van der Waals surface area contributed by atoms with Crippen molar-refractivity contribution in [2.24, 2.45) is 0 Å². The van der Waals surface area contributed by atoms with Crippen LogP contribution in [0.5, 0.6) is 11.5 Å². The van der Waals surface area contributed by atoms with E-state index in [1.165, 1.54) is 4.31 Å². The Morgan fingerprint density at radius 1 is 0.935 bits per heavy atom. The minimum absolute atomic E-state index is 0.0307. The van der Waals surface area contributed by atoms with Crippen LogP contribution in [0.15, 0.2) is 61.2 Å². The summed E-state index contributed by atoms with van der Waals surface area (Å²) >= 11 is 0. The number of hydrogen-bond donors (Lipinski definition) is 1. The molecule has 0 amide bonds. The smallest absolute Gasteiger partial charge is 0.217 e. The molecule has 0 saturated carbocycles. The van der Waals surface area contributed by atoms with Gasteiger partial charge in [-0.25, -0.2) is 8.42 Å². The number of rotatable bonds is 14. The lowest BCUT2D eigenvalue weighted by molar-refractivity contribution is 0.281. The molecule has 0 aliphatic heterocycles. The molecule has 0 heterocycles. The summed E-state index contributed by atoms with van der Waals surface area (Å²) in [6.45, 7) is 4.20. The lowest BCUT2D eigenvalue weighted by Crippen LogP contribution is -2.38. The highest BCUT2D eigenvalue weighted by Crippen LogP contribution is 2.25. The maximum absolute atomic E-state index is 13.7. The Morgan fingerprint density at radius 3 is 1.81 bits per heavy atom. The van der Waals surface area contributed by atoms with E-state index >= 15 is 0 Å². The van der Waals surface area contributed by atoms with Crippen LogP contribution >= 0.6 is 0 Å². The average Bonchev–Trinajstić information content (AvgIpc) is 2.79. The van der Waals surface area contributed by atoms with Gasteiger partial charge in [0, 0.05) is 19.7 Å². The molecule has 0 saturated heterocycles. The number of nitrogens with zero attached hydrogens (tertiary/aromatic N) is 1. The number of allylic oxidation sites excluding steroid dienone is 1. The van der Waals surface area contributed by atoms with Gasteiger partial charge in [-0.15, -0.1) is 6.58 Å². The van der Waals surface area contributed by atoms with E-state index in [0.29, 0.717) is 25.7 Å². The lowest BCUT2D eigenvalue weighted by atomic mass is 10.1. The zero-order valence-electron chi connectivity index (χ0n) is 18.4. The van der Waals surface area contributed by atoms with Crippen molar-refractivity contribution in [1.29, 1.82) is 0 Å². The molecular weight excluding hydrogens is 414 g/mol. The van der Waals surface area contributed by atoms with Gasteiger partial charge in [0.2, 0.25) is 10.0 Å². The molecule has 2 rings (SSSR count). The Bertz CT molecular complexity index is 845. The van der Waals surface area contributed by atoms with Gasteiger partial charge in [0.05, 0.1) is 19.5 Å². The van der Waals surface area contributed by atoms with Crippen molar-refractivity contribution in [2.45, 2.75) is 44.0 Å². The first-order valence-corrected chi connectivity index (χ1v) is 11.9. The third-order valence-corrected chi connectivity index (χ3v) is 7.49. The molecular formula is C24H33NO5S. The molecule has 31 heavy (non-hydrogen) atoms. The molecule has 0 radical (unpaired) electrons. The number of aliphatic hydroxyl groups is 1.